The van der Waals surface area contributed by atoms with E-state index in [9.17, 15) is 9.59 Å². The van der Waals surface area contributed by atoms with Crippen LogP contribution in [0.25, 0.3) is 0 Å². The minimum Gasteiger partial charge on any atom is -0.508 e. The minimum absolute atomic E-state index is 0.0685. The summed E-state index contributed by atoms with van der Waals surface area (Å²) in [4.78, 5) is 22.7. The van der Waals surface area contributed by atoms with Crippen molar-refractivity contribution >= 4 is 11.8 Å². The molecule has 4 rings (SSSR count). The van der Waals surface area contributed by atoms with Crippen molar-refractivity contribution < 1.29 is 14.7 Å². The van der Waals surface area contributed by atoms with E-state index in [1.54, 1.807) is 30.2 Å². The Kier molecular flexibility index (Phi) is 34.9. The van der Waals surface area contributed by atoms with Crippen LogP contribution in [0.3, 0.4) is 0 Å². The van der Waals surface area contributed by atoms with Crippen LogP contribution in [0.1, 0.15) is 175 Å². The summed E-state index contributed by atoms with van der Waals surface area (Å²) in [6, 6.07) is 14.3. The SMILES string of the molecule is CC.CC.CCC.CCCNC(C(C)=C1CC1)C1CCCCC1.CCCc1c(CC)cccc1CCCNC(=O)CNC(=O)CC.Cc1ccc(O)cc1. The van der Waals surface area contributed by atoms with E-state index in [1.165, 1.54) is 86.6 Å². The largest absolute Gasteiger partial charge is 0.508 e. The zero-order valence-electron chi connectivity index (χ0n) is 37.2. The van der Waals surface area contributed by atoms with Crippen molar-refractivity contribution in [2.75, 3.05) is 19.6 Å². The summed E-state index contributed by atoms with van der Waals surface area (Å²) in [7, 11) is 0. The fourth-order valence-electron chi connectivity index (χ4n) is 6.36. The second kappa shape index (κ2) is 35.6. The number of hydrogen-bond acceptors (Lipinski definition) is 4. The maximum absolute atomic E-state index is 11.6. The summed E-state index contributed by atoms with van der Waals surface area (Å²) in [5.41, 5.74) is 8.94. The molecule has 6 nitrogen and oxygen atoms in total. The molecule has 310 valence electrons. The predicted octanol–water partition coefficient (Wildman–Crippen LogP) is 12.0. The molecule has 2 aliphatic carbocycles. The molecule has 0 radical (unpaired) electrons. The normalized spacial score (nSPS) is 13.2. The highest BCUT2D eigenvalue weighted by molar-refractivity contribution is 5.84. The maximum Gasteiger partial charge on any atom is 0.239 e. The van der Waals surface area contributed by atoms with Crippen LogP contribution in [-0.4, -0.2) is 42.6 Å². The number of allylic oxidation sites excluding steroid dienone is 1. The molecule has 4 N–H and O–H groups in total. The lowest BCUT2D eigenvalue weighted by Crippen LogP contribution is -2.38. The van der Waals surface area contributed by atoms with Crippen LogP contribution in [-0.2, 0) is 28.9 Å². The number of rotatable bonds is 15. The lowest BCUT2D eigenvalue weighted by atomic mass is 9.81. The average Bonchev–Trinajstić information content (AvgIpc) is 4.06. The van der Waals surface area contributed by atoms with Crippen LogP contribution in [0, 0.1) is 12.8 Å². The Balaban J connectivity index is 0. The van der Waals surface area contributed by atoms with Crippen molar-refractivity contribution in [3.63, 3.8) is 0 Å². The van der Waals surface area contributed by atoms with Gasteiger partial charge in [0.15, 0.2) is 0 Å². The van der Waals surface area contributed by atoms with Gasteiger partial charge in [-0.3, -0.25) is 9.59 Å². The smallest absolute Gasteiger partial charge is 0.239 e. The minimum atomic E-state index is -0.122. The number of phenolic OH excluding ortho intramolecular Hbond substituents is 1. The van der Waals surface area contributed by atoms with Gasteiger partial charge in [-0.15, -0.1) is 0 Å². The third-order valence-electron chi connectivity index (χ3n) is 9.26. The Labute approximate surface area is 334 Å². The highest BCUT2D eigenvalue weighted by Crippen LogP contribution is 2.37. The molecule has 1 atom stereocenters. The van der Waals surface area contributed by atoms with E-state index in [4.69, 9.17) is 5.11 Å². The highest BCUT2D eigenvalue weighted by Gasteiger charge is 2.28. The van der Waals surface area contributed by atoms with Gasteiger partial charge in [-0.05, 0) is 113 Å². The van der Waals surface area contributed by atoms with Gasteiger partial charge in [0.05, 0.1) is 6.54 Å². The fourth-order valence-corrected chi connectivity index (χ4v) is 6.36. The molecule has 0 bridgehead atoms. The van der Waals surface area contributed by atoms with Gasteiger partial charge < -0.3 is 21.1 Å². The van der Waals surface area contributed by atoms with E-state index < -0.39 is 0 Å². The van der Waals surface area contributed by atoms with Crippen molar-refractivity contribution in [2.24, 2.45) is 5.92 Å². The maximum atomic E-state index is 11.6. The van der Waals surface area contributed by atoms with E-state index in [-0.39, 0.29) is 18.4 Å². The third kappa shape index (κ3) is 25.1. The molecule has 0 aromatic heterocycles. The molecule has 2 amide bonds. The standard InChI is InChI=1S/C19H30N2O2.C15H27N.C7H8O.C3H8.2C2H6/c1-4-9-17-15(5-2)10-7-11-16(17)12-8-13-20-19(23)14-21-18(22)6-3;1-3-11-16-15(12(2)13-9-10-13)14-7-5-4-6-8-14;1-6-2-4-7(8)5-3-6;1-3-2;2*1-2/h7,10-11H,4-6,8-9,12-14H2,1-3H3,(H,20,23)(H,21,22);14-16H,3-11H2,1-2H3;2-5,8H,1H3;3H2,1-2H3;2*1-2H3. The summed E-state index contributed by atoms with van der Waals surface area (Å²) in [5.74, 6) is 1.03. The van der Waals surface area contributed by atoms with Gasteiger partial charge in [0.25, 0.3) is 0 Å². The number of aromatic hydroxyl groups is 1. The number of amides is 2. The van der Waals surface area contributed by atoms with Crippen LogP contribution < -0.4 is 16.0 Å². The molecular formula is C48H85N3O3. The zero-order chi connectivity index (χ0) is 41.1. The summed E-state index contributed by atoms with van der Waals surface area (Å²) >= 11 is 0. The molecule has 0 saturated heterocycles. The van der Waals surface area contributed by atoms with Gasteiger partial charge in [0.2, 0.25) is 11.8 Å². The van der Waals surface area contributed by atoms with Crippen molar-refractivity contribution in [1.82, 2.24) is 16.0 Å². The molecule has 2 saturated carbocycles. The summed E-state index contributed by atoms with van der Waals surface area (Å²) in [6.45, 7) is 27.0. The van der Waals surface area contributed by atoms with Crippen LogP contribution >= 0.6 is 0 Å². The van der Waals surface area contributed by atoms with Crippen LogP contribution in [0.15, 0.2) is 53.6 Å². The van der Waals surface area contributed by atoms with Gasteiger partial charge in [-0.25, -0.2) is 0 Å². The Hall–Kier alpha value is -3.12. The second-order valence-corrected chi connectivity index (χ2v) is 13.9. The van der Waals surface area contributed by atoms with Crippen molar-refractivity contribution in [2.45, 2.75) is 185 Å². The Bertz CT molecular complexity index is 1210. The number of carbonyl (C=O) groups excluding carboxylic acids is 2. The number of benzene rings is 2. The first-order valence-electron chi connectivity index (χ1n) is 22.0. The predicted molar refractivity (Wildman–Crippen MR) is 237 cm³/mol. The van der Waals surface area contributed by atoms with Crippen LogP contribution in [0.2, 0.25) is 0 Å². The van der Waals surface area contributed by atoms with Gasteiger partial charge in [0, 0.05) is 19.0 Å². The Morgan fingerprint density at radius 1 is 0.759 bits per heavy atom. The van der Waals surface area contributed by atoms with Crippen molar-refractivity contribution in [1.29, 1.82) is 0 Å². The summed E-state index contributed by atoms with van der Waals surface area (Å²) < 4.78 is 0. The van der Waals surface area contributed by atoms with E-state index >= 15 is 0 Å². The van der Waals surface area contributed by atoms with Crippen LogP contribution in [0.5, 0.6) is 5.75 Å². The molecule has 2 aliphatic rings. The Morgan fingerprint density at radius 2 is 1.35 bits per heavy atom. The second-order valence-electron chi connectivity index (χ2n) is 13.9. The lowest BCUT2D eigenvalue weighted by Gasteiger charge is -2.32. The molecule has 54 heavy (non-hydrogen) atoms. The van der Waals surface area contributed by atoms with Crippen molar-refractivity contribution in [3.05, 3.63) is 75.9 Å². The van der Waals surface area contributed by atoms with Crippen LogP contribution in [0.4, 0.5) is 0 Å². The average molecular weight is 752 g/mol. The number of aryl methyl sites for hydroxylation is 3. The highest BCUT2D eigenvalue weighted by atomic mass is 16.3. The van der Waals surface area contributed by atoms with E-state index in [1.807, 2.05) is 46.8 Å². The van der Waals surface area contributed by atoms with Gasteiger partial charge in [-0.2, -0.15) is 0 Å². The number of nitrogens with one attached hydrogen (secondary N) is 3. The first-order valence-corrected chi connectivity index (χ1v) is 22.0. The van der Waals surface area contributed by atoms with E-state index in [2.05, 4.69) is 75.7 Å². The molecule has 1 unspecified atom stereocenters. The molecule has 2 fully saturated rings. The molecule has 2 aromatic carbocycles. The quantitative estimate of drug-likeness (QED) is 0.108. The number of carbonyl (C=O) groups is 2. The molecular weight excluding hydrogens is 667 g/mol. The van der Waals surface area contributed by atoms with E-state index in [0.717, 1.165) is 38.0 Å². The van der Waals surface area contributed by atoms with Gasteiger partial charge in [0.1, 0.15) is 5.75 Å². The number of phenols is 1. The molecule has 2 aromatic rings. The lowest BCUT2D eigenvalue weighted by molar-refractivity contribution is -0.125. The third-order valence-corrected chi connectivity index (χ3v) is 9.26. The summed E-state index contributed by atoms with van der Waals surface area (Å²) in [5, 5.41) is 18.0. The first-order chi connectivity index (χ1) is 26.1. The molecule has 6 heteroatoms. The van der Waals surface area contributed by atoms with Crippen molar-refractivity contribution in [3.8, 4) is 5.75 Å². The zero-order valence-corrected chi connectivity index (χ0v) is 37.2. The fraction of sp³-hybridized carbons (Fsp3) is 0.667. The topological polar surface area (TPSA) is 90.5 Å². The van der Waals surface area contributed by atoms with Gasteiger partial charge >= 0.3 is 0 Å². The summed E-state index contributed by atoms with van der Waals surface area (Å²) in [6.07, 6.45) is 18.2. The molecule has 0 spiro atoms. The Morgan fingerprint density at radius 3 is 1.85 bits per heavy atom. The monoisotopic (exact) mass is 752 g/mol. The molecule has 0 heterocycles. The number of hydrogen-bond donors (Lipinski definition) is 4. The first kappa shape index (κ1) is 53.0. The van der Waals surface area contributed by atoms with Gasteiger partial charge in [-0.1, -0.05) is 148 Å². The van der Waals surface area contributed by atoms with E-state index in [0.29, 0.717) is 24.8 Å². The molecule has 0 aliphatic heterocycles.